The molecule has 0 saturated carbocycles. The highest BCUT2D eigenvalue weighted by atomic mass is 16.5. The molecule has 1 atom stereocenters. The van der Waals surface area contributed by atoms with Crippen LogP contribution >= 0.6 is 0 Å². The quantitative estimate of drug-likeness (QED) is 0.670. The van der Waals surface area contributed by atoms with Crippen LogP contribution in [0.3, 0.4) is 0 Å². The van der Waals surface area contributed by atoms with E-state index in [0.29, 0.717) is 17.8 Å². The molecule has 1 heterocycles. The van der Waals surface area contributed by atoms with Gasteiger partial charge < -0.3 is 15.0 Å². The number of pyridine rings is 1. The first-order chi connectivity index (χ1) is 13.5. The predicted octanol–water partition coefficient (Wildman–Crippen LogP) is 2.65. The summed E-state index contributed by atoms with van der Waals surface area (Å²) in [6.45, 7) is 1.69. The van der Waals surface area contributed by atoms with Crippen molar-refractivity contribution in [3.05, 3.63) is 106 Å². The van der Waals surface area contributed by atoms with Gasteiger partial charge in [0.15, 0.2) is 11.5 Å². The van der Waals surface area contributed by atoms with Gasteiger partial charge in [0.1, 0.15) is 5.56 Å². The van der Waals surface area contributed by atoms with Crippen LogP contribution in [0.4, 0.5) is 0 Å². The molecule has 0 spiro atoms. The minimum absolute atomic E-state index is 0.116. The summed E-state index contributed by atoms with van der Waals surface area (Å²) in [5, 5.41) is 0. The Balaban J connectivity index is 2.18. The number of rotatable bonds is 6. The molecule has 0 aliphatic rings. The maximum absolute atomic E-state index is 12.5. The second-order valence-electron chi connectivity index (χ2n) is 6.35. The highest BCUT2D eigenvalue weighted by Gasteiger charge is 2.23. The number of hydrogen-bond acceptors (Lipinski definition) is 4. The van der Waals surface area contributed by atoms with Gasteiger partial charge in [-0.1, -0.05) is 60.7 Å². The molecule has 6 nitrogen and oxygen atoms in total. The molecule has 0 bridgehead atoms. The van der Waals surface area contributed by atoms with E-state index in [2.05, 4.69) is 0 Å². The number of carbonyl (C=O) groups excluding carboxylic acids is 2. The van der Waals surface area contributed by atoms with Crippen molar-refractivity contribution in [3.63, 3.8) is 0 Å². The average molecular weight is 376 g/mol. The molecule has 0 unspecified atom stereocenters. The Morgan fingerprint density at radius 3 is 2.21 bits per heavy atom. The lowest BCUT2D eigenvalue weighted by Gasteiger charge is -2.23. The van der Waals surface area contributed by atoms with E-state index in [1.807, 2.05) is 60.7 Å². The normalized spacial score (nSPS) is 11.6. The third-order valence-corrected chi connectivity index (χ3v) is 4.28. The second kappa shape index (κ2) is 8.35. The molecule has 0 radical (unpaired) electrons. The number of primary amides is 1. The Morgan fingerprint density at radius 2 is 1.64 bits per heavy atom. The summed E-state index contributed by atoms with van der Waals surface area (Å²) in [5.41, 5.74) is 6.86. The van der Waals surface area contributed by atoms with Crippen molar-refractivity contribution in [1.29, 1.82) is 0 Å². The fourth-order valence-electron chi connectivity index (χ4n) is 3.01. The van der Waals surface area contributed by atoms with Gasteiger partial charge in [-0.05, 0) is 11.1 Å². The van der Waals surface area contributed by atoms with Crippen molar-refractivity contribution in [2.24, 2.45) is 5.73 Å². The van der Waals surface area contributed by atoms with Crippen molar-refractivity contribution < 1.29 is 14.3 Å². The van der Waals surface area contributed by atoms with Crippen molar-refractivity contribution in [2.75, 3.05) is 0 Å². The maximum atomic E-state index is 12.5. The summed E-state index contributed by atoms with van der Waals surface area (Å²) in [4.78, 5) is 35.9. The number of carbonyl (C=O) groups is 2. The van der Waals surface area contributed by atoms with E-state index in [-0.39, 0.29) is 5.56 Å². The summed E-state index contributed by atoms with van der Waals surface area (Å²) >= 11 is 0. The molecule has 0 aliphatic heterocycles. The first-order valence-corrected chi connectivity index (χ1v) is 8.76. The molecular weight excluding hydrogens is 356 g/mol. The van der Waals surface area contributed by atoms with Gasteiger partial charge in [-0.3, -0.25) is 14.4 Å². The van der Waals surface area contributed by atoms with Gasteiger partial charge in [-0.25, -0.2) is 0 Å². The minimum atomic E-state index is -0.804. The summed E-state index contributed by atoms with van der Waals surface area (Å²) in [6, 6.07) is 20.0. The van der Waals surface area contributed by atoms with E-state index in [1.54, 1.807) is 4.57 Å². The zero-order valence-electron chi connectivity index (χ0n) is 15.4. The van der Waals surface area contributed by atoms with Crippen LogP contribution in [0, 0.1) is 0 Å². The highest BCUT2D eigenvalue weighted by Crippen LogP contribution is 2.26. The van der Waals surface area contributed by atoms with Crippen LogP contribution in [0.25, 0.3) is 0 Å². The minimum Gasteiger partial charge on any atom is -0.451 e. The third-order valence-electron chi connectivity index (χ3n) is 4.28. The molecule has 1 aromatic heterocycles. The monoisotopic (exact) mass is 376 g/mol. The largest absolute Gasteiger partial charge is 0.451 e. The Morgan fingerprint density at radius 1 is 1.04 bits per heavy atom. The molecule has 2 aromatic carbocycles. The van der Waals surface area contributed by atoms with Gasteiger partial charge >= 0.3 is 5.97 Å². The fourth-order valence-corrected chi connectivity index (χ4v) is 3.01. The van der Waals surface area contributed by atoms with Crippen molar-refractivity contribution in [2.45, 2.75) is 19.6 Å². The van der Waals surface area contributed by atoms with Crippen LogP contribution in [0.1, 0.15) is 40.2 Å². The van der Waals surface area contributed by atoms with E-state index in [0.717, 1.165) is 5.56 Å². The van der Waals surface area contributed by atoms with Crippen molar-refractivity contribution in [3.8, 4) is 0 Å². The van der Waals surface area contributed by atoms with Crippen LogP contribution in [0.2, 0.25) is 0 Å². The number of esters is 1. The Labute approximate surface area is 162 Å². The third kappa shape index (κ3) is 4.35. The Hall–Kier alpha value is -3.67. The van der Waals surface area contributed by atoms with Gasteiger partial charge in [-0.2, -0.15) is 0 Å². The topological polar surface area (TPSA) is 91.4 Å². The number of nitrogens with zero attached hydrogens (tertiary/aromatic N) is 1. The van der Waals surface area contributed by atoms with E-state index in [1.165, 1.54) is 19.2 Å². The smallest absolute Gasteiger partial charge is 0.303 e. The zero-order chi connectivity index (χ0) is 20.1. The number of benzene rings is 2. The summed E-state index contributed by atoms with van der Waals surface area (Å²) in [5.74, 6) is -1.28. The van der Waals surface area contributed by atoms with Gasteiger partial charge in [0.05, 0.1) is 5.69 Å². The van der Waals surface area contributed by atoms with Crippen LogP contribution in [0.5, 0.6) is 0 Å². The van der Waals surface area contributed by atoms with Gasteiger partial charge in [0, 0.05) is 25.7 Å². The highest BCUT2D eigenvalue weighted by molar-refractivity contribution is 5.92. The van der Waals surface area contributed by atoms with Crippen molar-refractivity contribution in [1.82, 2.24) is 4.57 Å². The second-order valence-corrected chi connectivity index (χ2v) is 6.35. The van der Waals surface area contributed by atoms with E-state index in [4.69, 9.17) is 10.5 Å². The Bertz CT molecular complexity index is 1040. The van der Waals surface area contributed by atoms with E-state index < -0.39 is 23.4 Å². The number of ether oxygens (including phenoxy) is 1. The first kappa shape index (κ1) is 19.1. The summed E-state index contributed by atoms with van der Waals surface area (Å²) in [7, 11) is 0. The van der Waals surface area contributed by atoms with Crippen LogP contribution in [-0.4, -0.2) is 16.4 Å². The van der Waals surface area contributed by atoms with Gasteiger partial charge in [-0.15, -0.1) is 0 Å². The summed E-state index contributed by atoms with van der Waals surface area (Å²) < 4.78 is 7.26. The SMILES string of the molecule is CC(=O)O[C@@H](c1ccccc1)c1cc(=O)c(C(N)=O)cn1Cc1ccccc1. The fraction of sp³-hybridized carbons (Fsp3) is 0.136. The molecule has 0 fully saturated rings. The van der Waals surface area contributed by atoms with Crippen LogP contribution in [0.15, 0.2) is 77.7 Å². The molecule has 0 saturated heterocycles. The van der Waals surface area contributed by atoms with E-state index >= 15 is 0 Å². The number of aromatic nitrogens is 1. The maximum Gasteiger partial charge on any atom is 0.303 e. The Kier molecular flexibility index (Phi) is 5.69. The molecule has 6 heteroatoms. The van der Waals surface area contributed by atoms with Crippen LogP contribution in [-0.2, 0) is 16.1 Å². The first-order valence-electron chi connectivity index (χ1n) is 8.76. The molecule has 1 amide bonds. The number of hydrogen-bond donors (Lipinski definition) is 1. The van der Waals surface area contributed by atoms with Gasteiger partial charge in [0.25, 0.3) is 5.91 Å². The van der Waals surface area contributed by atoms with E-state index in [9.17, 15) is 14.4 Å². The van der Waals surface area contributed by atoms with Gasteiger partial charge in [0.2, 0.25) is 0 Å². The molecule has 142 valence electrons. The summed E-state index contributed by atoms with van der Waals surface area (Å²) in [6.07, 6.45) is 0.629. The van der Waals surface area contributed by atoms with Crippen LogP contribution < -0.4 is 11.2 Å². The molecule has 3 rings (SSSR count). The molecular formula is C22H20N2O4. The lowest BCUT2D eigenvalue weighted by Crippen LogP contribution is -2.27. The number of amides is 1. The molecule has 3 aromatic rings. The number of nitrogens with two attached hydrogens (primary N) is 1. The molecule has 2 N–H and O–H groups in total. The molecule has 0 aliphatic carbocycles. The lowest BCUT2D eigenvalue weighted by molar-refractivity contribution is -0.145. The lowest BCUT2D eigenvalue weighted by atomic mass is 10.0. The van der Waals surface area contributed by atoms with Crippen molar-refractivity contribution >= 4 is 11.9 Å². The zero-order valence-corrected chi connectivity index (χ0v) is 15.4. The standard InChI is InChI=1S/C22H20N2O4/c1-15(25)28-21(17-10-6-3-7-11-17)19-12-20(26)18(22(23)27)14-24(19)13-16-8-4-2-5-9-16/h2-12,14,21H,13H2,1H3,(H2,23,27)/t21-/m0/s1. The molecule has 28 heavy (non-hydrogen) atoms. The predicted molar refractivity (Wildman–Crippen MR) is 105 cm³/mol. The average Bonchev–Trinajstić information content (AvgIpc) is 2.68.